The second kappa shape index (κ2) is 11.5. The number of ketones is 1. The summed E-state index contributed by atoms with van der Waals surface area (Å²) < 4.78 is 25.3. The average molecular weight is 579 g/mol. The largest absolute Gasteiger partial charge is 0.448 e. The highest BCUT2D eigenvalue weighted by Crippen LogP contribution is 2.44. The molecule has 1 heterocycles. The lowest BCUT2D eigenvalue weighted by molar-refractivity contribution is 0.0513. The molecule has 1 aliphatic heterocycles. The van der Waals surface area contributed by atoms with Crippen LogP contribution in [0.5, 0.6) is 0 Å². The summed E-state index contributed by atoms with van der Waals surface area (Å²) in [5.41, 5.74) is 3.77. The number of amides is 2. The molecule has 5 rings (SSSR count). The second-order valence-electron chi connectivity index (χ2n) is 11.4. The number of benzene rings is 3. The first-order valence-corrected chi connectivity index (χ1v) is 14.0. The summed E-state index contributed by atoms with van der Waals surface area (Å²) in [7, 11) is 0. The van der Waals surface area contributed by atoms with Crippen LogP contribution in [0.2, 0.25) is 5.02 Å². The molecule has 2 atom stereocenters. The van der Waals surface area contributed by atoms with Gasteiger partial charge in [-0.15, -0.1) is 0 Å². The first-order valence-electron chi connectivity index (χ1n) is 13.6. The van der Waals surface area contributed by atoms with Crippen molar-refractivity contribution in [3.8, 4) is 11.1 Å². The van der Waals surface area contributed by atoms with Crippen molar-refractivity contribution in [2.75, 3.05) is 26.2 Å². The lowest BCUT2D eigenvalue weighted by Crippen LogP contribution is -2.38. The van der Waals surface area contributed by atoms with Gasteiger partial charge in [-0.3, -0.25) is 4.79 Å². The predicted octanol–water partition coefficient (Wildman–Crippen LogP) is 6.68. The van der Waals surface area contributed by atoms with E-state index in [4.69, 9.17) is 21.1 Å². The number of halogens is 2. The molecule has 2 amide bonds. The molecule has 2 aliphatic rings. The number of likely N-dealkylation sites (tertiary alicyclic amines) is 1. The zero-order chi connectivity index (χ0) is 29.3. The van der Waals surface area contributed by atoms with Gasteiger partial charge in [0.05, 0.1) is 5.02 Å². The molecule has 0 spiro atoms. The minimum absolute atomic E-state index is 0.0355. The van der Waals surface area contributed by atoms with Crippen LogP contribution in [0.1, 0.15) is 48.2 Å². The topological polar surface area (TPSA) is 84.9 Å². The number of nitrogens with zero attached hydrogens (tertiary/aromatic N) is 1. The third-order valence-corrected chi connectivity index (χ3v) is 7.88. The maximum absolute atomic E-state index is 14.2. The number of nitrogens with one attached hydrogen (secondary N) is 1. The quantitative estimate of drug-likeness (QED) is 0.330. The second-order valence-corrected chi connectivity index (χ2v) is 11.8. The molecular formula is C32H32ClFN2O5. The molecule has 0 radical (unpaired) electrons. The summed E-state index contributed by atoms with van der Waals surface area (Å²) in [5, 5.41) is 2.43. The van der Waals surface area contributed by atoms with Gasteiger partial charge >= 0.3 is 12.2 Å². The van der Waals surface area contributed by atoms with E-state index in [1.165, 1.54) is 23.1 Å². The van der Waals surface area contributed by atoms with Crippen LogP contribution in [0, 0.1) is 17.7 Å². The number of carbonyl (C=O) groups excluding carboxylic acids is 3. The Labute approximate surface area is 243 Å². The Morgan fingerprint density at radius 1 is 0.951 bits per heavy atom. The lowest BCUT2D eigenvalue weighted by atomic mass is 9.88. The van der Waals surface area contributed by atoms with Gasteiger partial charge in [-0.25, -0.2) is 14.0 Å². The van der Waals surface area contributed by atoms with E-state index in [9.17, 15) is 18.8 Å². The Morgan fingerprint density at radius 2 is 1.59 bits per heavy atom. The van der Waals surface area contributed by atoms with Gasteiger partial charge in [0.2, 0.25) is 0 Å². The van der Waals surface area contributed by atoms with Gasteiger partial charge in [0.1, 0.15) is 18.0 Å². The van der Waals surface area contributed by atoms with E-state index >= 15 is 0 Å². The maximum atomic E-state index is 14.2. The molecule has 0 bridgehead atoms. The highest BCUT2D eigenvalue weighted by atomic mass is 35.5. The van der Waals surface area contributed by atoms with Crippen LogP contribution in [-0.4, -0.2) is 54.7 Å². The smallest absolute Gasteiger partial charge is 0.409 e. The van der Waals surface area contributed by atoms with E-state index < -0.39 is 41.2 Å². The fraction of sp³-hybridized carbons (Fsp3) is 0.344. The van der Waals surface area contributed by atoms with Crippen LogP contribution in [0.25, 0.3) is 11.1 Å². The average Bonchev–Trinajstić information content (AvgIpc) is 3.50. The van der Waals surface area contributed by atoms with Gasteiger partial charge in [0, 0.05) is 43.0 Å². The maximum Gasteiger partial charge on any atom is 0.409 e. The van der Waals surface area contributed by atoms with Crippen molar-refractivity contribution in [1.29, 1.82) is 0 Å². The normalized spacial score (nSPS) is 18.0. The molecule has 7 nitrogen and oxygen atoms in total. The summed E-state index contributed by atoms with van der Waals surface area (Å²) in [6.07, 6.45) is -1.19. The van der Waals surface area contributed by atoms with Gasteiger partial charge in [-0.2, -0.15) is 0 Å². The van der Waals surface area contributed by atoms with E-state index in [0.717, 1.165) is 22.3 Å². The summed E-state index contributed by atoms with van der Waals surface area (Å²) in [5.74, 6) is -2.41. The van der Waals surface area contributed by atoms with Gasteiger partial charge < -0.3 is 19.7 Å². The molecule has 0 aromatic heterocycles. The highest BCUT2D eigenvalue weighted by Gasteiger charge is 2.42. The van der Waals surface area contributed by atoms with Gasteiger partial charge in [0.25, 0.3) is 0 Å². The Bertz CT molecular complexity index is 1440. The molecule has 3 aromatic rings. The minimum atomic E-state index is -0.732. The van der Waals surface area contributed by atoms with E-state index in [2.05, 4.69) is 17.4 Å². The van der Waals surface area contributed by atoms with Crippen molar-refractivity contribution in [1.82, 2.24) is 10.2 Å². The monoisotopic (exact) mass is 578 g/mol. The fourth-order valence-electron chi connectivity index (χ4n) is 5.63. The Hall–Kier alpha value is -3.91. The predicted molar refractivity (Wildman–Crippen MR) is 154 cm³/mol. The molecule has 1 saturated heterocycles. The molecule has 2 unspecified atom stereocenters. The van der Waals surface area contributed by atoms with Crippen LogP contribution in [0.4, 0.5) is 14.0 Å². The molecule has 41 heavy (non-hydrogen) atoms. The van der Waals surface area contributed by atoms with Gasteiger partial charge in [-0.05, 0) is 55.2 Å². The van der Waals surface area contributed by atoms with E-state index in [-0.39, 0.29) is 42.7 Å². The number of ether oxygens (including phenoxy) is 2. The number of hydrogen-bond donors (Lipinski definition) is 1. The van der Waals surface area contributed by atoms with Crippen LogP contribution >= 0.6 is 11.6 Å². The first-order chi connectivity index (χ1) is 19.5. The third kappa shape index (κ3) is 6.07. The van der Waals surface area contributed by atoms with Crippen molar-refractivity contribution in [2.45, 2.75) is 32.3 Å². The molecule has 1 aliphatic carbocycles. The number of rotatable bonds is 6. The number of carbonyl (C=O) groups is 3. The zero-order valence-corrected chi connectivity index (χ0v) is 23.9. The van der Waals surface area contributed by atoms with E-state index in [1.54, 1.807) is 20.8 Å². The summed E-state index contributed by atoms with van der Waals surface area (Å²) in [4.78, 5) is 40.7. The molecule has 3 aromatic carbocycles. The van der Waals surface area contributed by atoms with Crippen LogP contribution in [-0.2, 0) is 9.47 Å². The first kappa shape index (κ1) is 28.6. The number of hydrogen-bond acceptors (Lipinski definition) is 5. The van der Waals surface area contributed by atoms with E-state index in [1.807, 2.05) is 36.4 Å². The highest BCUT2D eigenvalue weighted by molar-refractivity contribution is 6.34. The Balaban J connectivity index is 1.31. The Morgan fingerprint density at radius 3 is 2.22 bits per heavy atom. The molecule has 1 fully saturated rings. The van der Waals surface area contributed by atoms with Crippen LogP contribution < -0.4 is 5.32 Å². The lowest BCUT2D eigenvalue weighted by Gasteiger charge is -2.22. The molecule has 9 heteroatoms. The van der Waals surface area contributed by atoms with Crippen molar-refractivity contribution < 1.29 is 28.2 Å². The minimum Gasteiger partial charge on any atom is -0.448 e. The molecular weight excluding hydrogens is 547 g/mol. The van der Waals surface area contributed by atoms with Gasteiger partial charge in [-0.1, -0.05) is 66.2 Å². The fourth-order valence-corrected chi connectivity index (χ4v) is 5.85. The molecule has 1 N–H and O–H groups in total. The molecule has 0 saturated carbocycles. The summed E-state index contributed by atoms with van der Waals surface area (Å²) in [6, 6.07) is 20.2. The van der Waals surface area contributed by atoms with Crippen molar-refractivity contribution in [3.63, 3.8) is 0 Å². The van der Waals surface area contributed by atoms with Crippen molar-refractivity contribution in [3.05, 3.63) is 94.3 Å². The Kier molecular flexibility index (Phi) is 8.04. The standard InChI is InChI=1S/C32H32ClFN2O5/c1-32(2,3)41-30(38)35-15-19-16-36(17-25(19)29(37)24-13-8-14-27(34)28(24)33)31(39)40-18-26-22-11-6-4-9-20(22)21-10-5-7-12-23(21)26/h4-14,19,25-26H,15-18H2,1-3H3,(H,35,38). The number of Topliss-reactive ketones (excluding diaryl/α,β-unsaturated/α-hetero) is 1. The summed E-state index contributed by atoms with van der Waals surface area (Å²) in [6.45, 7) is 5.67. The van der Waals surface area contributed by atoms with Crippen LogP contribution in [0.3, 0.4) is 0 Å². The third-order valence-electron chi connectivity index (χ3n) is 7.50. The van der Waals surface area contributed by atoms with Crippen LogP contribution in [0.15, 0.2) is 66.7 Å². The summed E-state index contributed by atoms with van der Waals surface area (Å²) >= 11 is 6.13. The van der Waals surface area contributed by atoms with Gasteiger partial charge in [0.15, 0.2) is 5.78 Å². The number of fused-ring (bicyclic) bond motifs is 3. The molecule has 214 valence electrons. The SMILES string of the molecule is CC(C)(C)OC(=O)NCC1CN(C(=O)OCC2c3ccccc3-c3ccccc32)CC1C(=O)c1cccc(F)c1Cl. The van der Waals surface area contributed by atoms with E-state index in [0.29, 0.717) is 0 Å². The zero-order valence-electron chi connectivity index (χ0n) is 23.2. The number of alkyl carbamates (subject to hydrolysis) is 1. The van der Waals surface area contributed by atoms with Crippen molar-refractivity contribution in [2.24, 2.45) is 11.8 Å². The van der Waals surface area contributed by atoms with Crippen molar-refractivity contribution >= 4 is 29.6 Å².